The summed E-state index contributed by atoms with van der Waals surface area (Å²) in [5, 5.41) is 20.5. The van der Waals surface area contributed by atoms with Gasteiger partial charge in [-0.05, 0) is 31.4 Å². The van der Waals surface area contributed by atoms with Crippen LogP contribution in [0.4, 0.5) is 0 Å². The number of hydrogen-bond acceptors (Lipinski definition) is 4. The molecular formula is C14H19NO4. The van der Waals surface area contributed by atoms with Crippen molar-refractivity contribution in [3.05, 3.63) is 28.3 Å². The molecule has 0 atom stereocenters. The van der Waals surface area contributed by atoms with E-state index in [9.17, 15) is 4.79 Å². The Morgan fingerprint density at radius 1 is 1.47 bits per heavy atom. The van der Waals surface area contributed by atoms with Gasteiger partial charge >= 0.3 is 5.97 Å². The second-order valence-electron chi connectivity index (χ2n) is 4.40. The molecule has 2 N–H and O–H groups in total. The van der Waals surface area contributed by atoms with Gasteiger partial charge in [0.25, 0.3) is 0 Å². The molecule has 1 rings (SSSR count). The molecule has 104 valence electrons. The number of carbonyl (C=O) groups is 1. The van der Waals surface area contributed by atoms with E-state index in [1.54, 1.807) is 0 Å². The molecule has 0 aliphatic carbocycles. The number of hydrogen-bond donors (Lipinski definition) is 2. The summed E-state index contributed by atoms with van der Waals surface area (Å²) >= 11 is 0. The van der Waals surface area contributed by atoms with E-state index >= 15 is 0 Å². The summed E-state index contributed by atoms with van der Waals surface area (Å²) in [7, 11) is 0. The summed E-state index contributed by atoms with van der Waals surface area (Å²) in [6, 6.07) is 1.95. The maximum atomic E-state index is 10.6. The molecule has 1 aromatic carbocycles. The van der Waals surface area contributed by atoms with Crippen molar-refractivity contribution in [1.82, 2.24) is 0 Å². The third-order valence-electron chi connectivity index (χ3n) is 2.89. The molecule has 0 unspecified atom stereocenters. The minimum Gasteiger partial charge on any atom is -0.481 e. The molecule has 0 radical (unpaired) electrons. The van der Waals surface area contributed by atoms with Crippen molar-refractivity contribution in [2.24, 2.45) is 5.16 Å². The lowest BCUT2D eigenvalue weighted by Gasteiger charge is -2.16. The van der Waals surface area contributed by atoms with E-state index < -0.39 is 5.97 Å². The Labute approximate surface area is 112 Å². The molecule has 0 aliphatic rings. The minimum absolute atomic E-state index is 0.384. The molecule has 0 spiro atoms. The second-order valence-corrected chi connectivity index (χ2v) is 4.40. The van der Waals surface area contributed by atoms with E-state index in [0.29, 0.717) is 5.75 Å². The Hall–Kier alpha value is -2.04. The Balaban J connectivity index is 3.25. The highest BCUT2D eigenvalue weighted by molar-refractivity contribution is 5.85. The third-order valence-corrected chi connectivity index (χ3v) is 2.89. The summed E-state index contributed by atoms with van der Waals surface area (Å²) in [5.74, 6) is -0.481. The van der Waals surface area contributed by atoms with Crippen LogP contribution in [0.2, 0.25) is 0 Å². The van der Waals surface area contributed by atoms with E-state index in [1.807, 2.05) is 19.9 Å². The van der Waals surface area contributed by atoms with Gasteiger partial charge in [-0.25, -0.2) is 4.79 Å². The molecule has 0 bridgehead atoms. The van der Waals surface area contributed by atoms with Gasteiger partial charge in [-0.15, -0.1) is 0 Å². The van der Waals surface area contributed by atoms with E-state index in [1.165, 1.54) is 6.21 Å². The summed E-state index contributed by atoms with van der Waals surface area (Å²) in [6.07, 6.45) is 3.20. The SMILES string of the molecule is CCCc1cc(C)c(OCC(=O)O)c(C)c1C=NO. The summed E-state index contributed by atoms with van der Waals surface area (Å²) in [4.78, 5) is 10.6. The van der Waals surface area contributed by atoms with Crippen molar-refractivity contribution >= 4 is 12.2 Å². The first-order valence-corrected chi connectivity index (χ1v) is 6.16. The zero-order chi connectivity index (χ0) is 14.4. The second kappa shape index (κ2) is 6.78. The summed E-state index contributed by atoms with van der Waals surface area (Å²) < 4.78 is 5.31. The van der Waals surface area contributed by atoms with Crippen LogP contribution in [0, 0.1) is 13.8 Å². The lowest BCUT2D eigenvalue weighted by molar-refractivity contribution is -0.139. The van der Waals surface area contributed by atoms with Crippen molar-refractivity contribution in [3.8, 4) is 5.75 Å². The lowest BCUT2D eigenvalue weighted by atomic mass is 9.95. The average molecular weight is 265 g/mol. The third kappa shape index (κ3) is 3.71. The zero-order valence-corrected chi connectivity index (χ0v) is 11.4. The molecular weight excluding hydrogens is 246 g/mol. The predicted molar refractivity (Wildman–Crippen MR) is 72.4 cm³/mol. The quantitative estimate of drug-likeness (QED) is 0.470. The Bertz CT molecular complexity index is 495. The van der Waals surface area contributed by atoms with Gasteiger partial charge in [-0.3, -0.25) is 0 Å². The molecule has 5 nitrogen and oxygen atoms in total. The first-order chi connectivity index (χ1) is 9.01. The van der Waals surface area contributed by atoms with Crippen LogP contribution >= 0.6 is 0 Å². The first kappa shape index (κ1) is 15.0. The molecule has 0 saturated heterocycles. The fraction of sp³-hybridized carbons (Fsp3) is 0.429. The highest BCUT2D eigenvalue weighted by Gasteiger charge is 2.14. The van der Waals surface area contributed by atoms with E-state index in [-0.39, 0.29) is 6.61 Å². The number of carboxylic acid groups (broad SMARTS) is 1. The Kier molecular flexibility index (Phi) is 5.36. The van der Waals surface area contributed by atoms with Crippen LogP contribution < -0.4 is 4.74 Å². The van der Waals surface area contributed by atoms with Gasteiger partial charge in [0.2, 0.25) is 0 Å². The molecule has 0 heterocycles. The van der Waals surface area contributed by atoms with E-state index in [4.69, 9.17) is 15.1 Å². The van der Waals surface area contributed by atoms with Gasteiger partial charge in [0, 0.05) is 11.1 Å². The molecule has 0 fully saturated rings. The summed E-state index contributed by atoms with van der Waals surface area (Å²) in [6.45, 7) is 5.40. The van der Waals surface area contributed by atoms with Gasteiger partial charge < -0.3 is 15.1 Å². The number of oxime groups is 1. The van der Waals surface area contributed by atoms with Crippen LogP contribution in [0.25, 0.3) is 0 Å². The van der Waals surface area contributed by atoms with Crippen LogP contribution in [0.1, 0.15) is 35.6 Å². The molecule has 0 saturated carbocycles. The van der Waals surface area contributed by atoms with Gasteiger partial charge in [0.15, 0.2) is 6.61 Å². The standard InChI is InChI=1S/C14H19NO4/c1-4-5-11-6-9(2)14(19-8-13(16)17)10(3)12(11)7-15-18/h6-7,18H,4-5,8H2,1-3H3,(H,16,17). The number of rotatable bonds is 6. The van der Waals surface area contributed by atoms with Gasteiger partial charge in [-0.1, -0.05) is 24.6 Å². The Morgan fingerprint density at radius 2 is 2.16 bits per heavy atom. The van der Waals surface area contributed by atoms with Crippen LogP contribution in [-0.2, 0) is 11.2 Å². The van der Waals surface area contributed by atoms with Crippen LogP contribution in [0.15, 0.2) is 11.2 Å². The molecule has 1 aromatic rings. The number of carboxylic acids is 1. The fourth-order valence-electron chi connectivity index (χ4n) is 2.13. The average Bonchev–Trinajstić information content (AvgIpc) is 2.33. The minimum atomic E-state index is -1.02. The van der Waals surface area contributed by atoms with Crippen LogP contribution in [-0.4, -0.2) is 29.1 Å². The smallest absolute Gasteiger partial charge is 0.341 e. The first-order valence-electron chi connectivity index (χ1n) is 6.16. The number of benzene rings is 1. The highest BCUT2D eigenvalue weighted by Crippen LogP contribution is 2.29. The molecule has 0 aliphatic heterocycles. The maximum absolute atomic E-state index is 10.6. The molecule has 19 heavy (non-hydrogen) atoms. The maximum Gasteiger partial charge on any atom is 0.341 e. The van der Waals surface area contributed by atoms with Crippen molar-refractivity contribution in [2.75, 3.05) is 6.61 Å². The number of aryl methyl sites for hydroxylation is 2. The number of nitrogens with zero attached hydrogens (tertiary/aromatic N) is 1. The lowest BCUT2D eigenvalue weighted by Crippen LogP contribution is -2.12. The highest BCUT2D eigenvalue weighted by atomic mass is 16.5. The largest absolute Gasteiger partial charge is 0.481 e. The van der Waals surface area contributed by atoms with Crippen LogP contribution in [0.3, 0.4) is 0 Å². The van der Waals surface area contributed by atoms with Crippen molar-refractivity contribution in [1.29, 1.82) is 0 Å². The molecule has 5 heteroatoms. The Morgan fingerprint density at radius 3 is 2.68 bits per heavy atom. The fourth-order valence-corrected chi connectivity index (χ4v) is 2.13. The molecule has 0 aromatic heterocycles. The van der Waals surface area contributed by atoms with Gasteiger partial charge in [0.1, 0.15) is 5.75 Å². The molecule has 0 amide bonds. The predicted octanol–water partition coefficient (Wildman–Crippen LogP) is 2.53. The van der Waals surface area contributed by atoms with Crippen molar-refractivity contribution in [3.63, 3.8) is 0 Å². The van der Waals surface area contributed by atoms with E-state index in [2.05, 4.69) is 12.1 Å². The topological polar surface area (TPSA) is 79.1 Å². The van der Waals surface area contributed by atoms with Crippen molar-refractivity contribution in [2.45, 2.75) is 33.6 Å². The number of ether oxygens (including phenoxy) is 1. The monoisotopic (exact) mass is 265 g/mol. The normalized spacial score (nSPS) is 10.9. The van der Waals surface area contributed by atoms with Crippen LogP contribution in [0.5, 0.6) is 5.75 Å². The zero-order valence-electron chi connectivity index (χ0n) is 11.4. The van der Waals surface area contributed by atoms with Gasteiger partial charge in [-0.2, -0.15) is 0 Å². The summed E-state index contributed by atoms with van der Waals surface area (Å²) in [5.41, 5.74) is 3.54. The van der Waals surface area contributed by atoms with Crippen molar-refractivity contribution < 1.29 is 19.8 Å². The number of aliphatic carboxylic acids is 1. The van der Waals surface area contributed by atoms with Gasteiger partial charge in [0.05, 0.1) is 6.21 Å². The van der Waals surface area contributed by atoms with E-state index in [0.717, 1.165) is 35.1 Å².